The molecule has 1 nitrogen and oxygen atoms in total. The number of aryl methyl sites for hydroxylation is 3. The highest BCUT2D eigenvalue weighted by atomic mass is 14.8. The van der Waals surface area contributed by atoms with Crippen molar-refractivity contribution in [2.24, 2.45) is 17.8 Å². The van der Waals surface area contributed by atoms with E-state index in [1.54, 1.807) is 5.56 Å². The van der Waals surface area contributed by atoms with E-state index < -0.39 is 0 Å². The quantitative estimate of drug-likeness (QED) is 0.823. The summed E-state index contributed by atoms with van der Waals surface area (Å²) >= 11 is 0. The van der Waals surface area contributed by atoms with E-state index in [2.05, 4.69) is 59.1 Å². The Bertz CT molecular complexity index is 475. The maximum atomic E-state index is 3.43. The molecule has 0 radical (unpaired) electrons. The standard InChI is InChI=1S/C20H33N/c1-13(2)17-7-8-18(12-21-6)20(11-17)19-10-15(4)14(3)9-16(19)5/h9-10,13,17-18,20-21H,7-8,11-12H2,1-6H3. The molecule has 3 unspecified atom stereocenters. The van der Waals surface area contributed by atoms with Gasteiger partial charge in [-0.3, -0.25) is 0 Å². The molecule has 1 saturated carbocycles. The monoisotopic (exact) mass is 287 g/mol. The van der Waals surface area contributed by atoms with Crippen molar-refractivity contribution in [3.63, 3.8) is 0 Å². The van der Waals surface area contributed by atoms with Crippen LogP contribution in [0, 0.1) is 38.5 Å². The van der Waals surface area contributed by atoms with Crippen LogP contribution in [0.1, 0.15) is 61.3 Å². The first-order valence-electron chi connectivity index (χ1n) is 8.66. The lowest BCUT2D eigenvalue weighted by molar-refractivity contribution is 0.192. The van der Waals surface area contributed by atoms with Gasteiger partial charge >= 0.3 is 0 Å². The van der Waals surface area contributed by atoms with E-state index in [4.69, 9.17) is 0 Å². The molecule has 2 rings (SSSR count). The summed E-state index contributed by atoms with van der Waals surface area (Å²) in [5, 5.41) is 3.43. The topological polar surface area (TPSA) is 12.0 Å². The van der Waals surface area contributed by atoms with Crippen LogP contribution in [0.15, 0.2) is 12.1 Å². The Morgan fingerprint density at radius 2 is 1.71 bits per heavy atom. The van der Waals surface area contributed by atoms with Gasteiger partial charge in [0.2, 0.25) is 0 Å². The molecule has 3 atom stereocenters. The van der Waals surface area contributed by atoms with Crippen LogP contribution in [-0.4, -0.2) is 13.6 Å². The molecule has 1 fully saturated rings. The van der Waals surface area contributed by atoms with Crippen LogP contribution >= 0.6 is 0 Å². The summed E-state index contributed by atoms with van der Waals surface area (Å²) in [7, 11) is 2.10. The second-order valence-electron chi connectivity index (χ2n) is 7.53. The Kier molecular flexibility index (Phi) is 5.48. The van der Waals surface area contributed by atoms with Gasteiger partial charge in [-0.1, -0.05) is 26.0 Å². The lowest BCUT2D eigenvalue weighted by Crippen LogP contribution is -2.32. The van der Waals surface area contributed by atoms with E-state index in [9.17, 15) is 0 Å². The van der Waals surface area contributed by atoms with Crippen LogP contribution in [0.4, 0.5) is 0 Å². The van der Waals surface area contributed by atoms with Crippen molar-refractivity contribution in [3.8, 4) is 0 Å². The van der Waals surface area contributed by atoms with Gasteiger partial charge < -0.3 is 5.32 Å². The van der Waals surface area contributed by atoms with Gasteiger partial charge in [0.05, 0.1) is 0 Å². The average Bonchev–Trinajstić information content (AvgIpc) is 2.43. The first-order valence-corrected chi connectivity index (χ1v) is 8.66. The SMILES string of the molecule is CNCC1CCC(C(C)C)CC1c1cc(C)c(C)cc1C. The van der Waals surface area contributed by atoms with Gasteiger partial charge in [0, 0.05) is 0 Å². The first-order chi connectivity index (χ1) is 9.93. The van der Waals surface area contributed by atoms with Gasteiger partial charge in [-0.05, 0) is 99.6 Å². The predicted molar refractivity (Wildman–Crippen MR) is 93.0 cm³/mol. The van der Waals surface area contributed by atoms with E-state index in [0.29, 0.717) is 0 Å². The third-order valence-corrected chi connectivity index (χ3v) is 5.72. The minimum absolute atomic E-state index is 0.734. The summed E-state index contributed by atoms with van der Waals surface area (Å²) in [6.07, 6.45) is 4.15. The highest BCUT2D eigenvalue weighted by Gasteiger charge is 2.33. The number of nitrogens with one attached hydrogen (secondary N) is 1. The summed E-state index contributed by atoms with van der Waals surface area (Å²) in [4.78, 5) is 0. The predicted octanol–water partition coefficient (Wildman–Crippen LogP) is 4.99. The molecular formula is C20H33N. The summed E-state index contributed by atoms with van der Waals surface area (Å²) in [6.45, 7) is 12.7. The third kappa shape index (κ3) is 3.69. The average molecular weight is 287 g/mol. The smallest absolute Gasteiger partial charge is 0.00177 e. The Balaban J connectivity index is 2.33. The van der Waals surface area contributed by atoms with Crippen molar-refractivity contribution >= 4 is 0 Å². The minimum Gasteiger partial charge on any atom is -0.319 e. The van der Waals surface area contributed by atoms with Crippen molar-refractivity contribution in [1.29, 1.82) is 0 Å². The van der Waals surface area contributed by atoms with E-state index in [0.717, 1.165) is 30.2 Å². The highest BCUT2D eigenvalue weighted by Crippen LogP contribution is 2.44. The highest BCUT2D eigenvalue weighted by molar-refractivity contribution is 5.39. The number of benzene rings is 1. The lowest BCUT2D eigenvalue weighted by atomic mass is 9.67. The Morgan fingerprint density at radius 1 is 1.05 bits per heavy atom. The molecule has 0 spiro atoms. The fraction of sp³-hybridized carbons (Fsp3) is 0.700. The normalized spacial score (nSPS) is 26.3. The maximum absolute atomic E-state index is 3.43. The molecule has 1 aromatic carbocycles. The van der Waals surface area contributed by atoms with Crippen molar-refractivity contribution in [2.45, 2.75) is 59.8 Å². The van der Waals surface area contributed by atoms with Gasteiger partial charge in [-0.2, -0.15) is 0 Å². The van der Waals surface area contributed by atoms with E-state index in [1.807, 2.05) is 0 Å². The fourth-order valence-corrected chi connectivity index (χ4v) is 4.14. The van der Waals surface area contributed by atoms with Gasteiger partial charge in [0.1, 0.15) is 0 Å². The Morgan fingerprint density at radius 3 is 2.33 bits per heavy atom. The summed E-state index contributed by atoms with van der Waals surface area (Å²) in [6, 6.07) is 4.86. The summed E-state index contributed by atoms with van der Waals surface area (Å²) in [5.41, 5.74) is 5.99. The summed E-state index contributed by atoms with van der Waals surface area (Å²) < 4.78 is 0. The van der Waals surface area contributed by atoms with Gasteiger partial charge in [-0.15, -0.1) is 0 Å². The zero-order valence-corrected chi connectivity index (χ0v) is 14.8. The van der Waals surface area contributed by atoms with Crippen molar-refractivity contribution in [1.82, 2.24) is 5.32 Å². The van der Waals surface area contributed by atoms with Crippen LogP contribution in [0.25, 0.3) is 0 Å². The molecular weight excluding hydrogens is 254 g/mol. The maximum Gasteiger partial charge on any atom is -0.00177 e. The van der Waals surface area contributed by atoms with Crippen LogP contribution < -0.4 is 5.32 Å². The molecule has 0 aromatic heterocycles. The molecule has 0 heterocycles. The van der Waals surface area contributed by atoms with Gasteiger partial charge in [0.15, 0.2) is 0 Å². The zero-order chi connectivity index (χ0) is 15.6. The lowest BCUT2D eigenvalue weighted by Gasteiger charge is -2.39. The molecule has 1 heteroatoms. The minimum atomic E-state index is 0.734. The van der Waals surface area contributed by atoms with Crippen LogP contribution in [-0.2, 0) is 0 Å². The Labute approximate surface area is 131 Å². The van der Waals surface area contributed by atoms with E-state index in [-0.39, 0.29) is 0 Å². The third-order valence-electron chi connectivity index (χ3n) is 5.72. The van der Waals surface area contributed by atoms with Crippen LogP contribution in [0.3, 0.4) is 0 Å². The van der Waals surface area contributed by atoms with Crippen molar-refractivity contribution in [3.05, 3.63) is 34.4 Å². The van der Waals surface area contributed by atoms with Crippen LogP contribution in [0.2, 0.25) is 0 Å². The van der Waals surface area contributed by atoms with Gasteiger partial charge in [0.25, 0.3) is 0 Å². The van der Waals surface area contributed by atoms with Gasteiger partial charge in [-0.25, -0.2) is 0 Å². The molecule has 1 aliphatic rings. The molecule has 0 aliphatic heterocycles. The molecule has 0 bridgehead atoms. The molecule has 0 saturated heterocycles. The summed E-state index contributed by atoms with van der Waals surface area (Å²) in [5.74, 6) is 3.24. The van der Waals surface area contributed by atoms with E-state index in [1.165, 1.54) is 36.0 Å². The number of hydrogen-bond acceptors (Lipinski definition) is 1. The zero-order valence-electron chi connectivity index (χ0n) is 14.8. The fourth-order valence-electron chi connectivity index (χ4n) is 4.14. The second kappa shape index (κ2) is 6.96. The van der Waals surface area contributed by atoms with Crippen molar-refractivity contribution < 1.29 is 0 Å². The van der Waals surface area contributed by atoms with Crippen LogP contribution in [0.5, 0.6) is 0 Å². The molecule has 118 valence electrons. The number of rotatable bonds is 4. The molecule has 0 amide bonds. The van der Waals surface area contributed by atoms with Crippen molar-refractivity contribution in [2.75, 3.05) is 13.6 Å². The second-order valence-corrected chi connectivity index (χ2v) is 7.53. The van der Waals surface area contributed by atoms with E-state index >= 15 is 0 Å². The Hall–Kier alpha value is -0.820. The first kappa shape index (κ1) is 16.5. The molecule has 1 aromatic rings. The molecule has 1 N–H and O–H groups in total. The molecule has 21 heavy (non-hydrogen) atoms. The molecule has 1 aliphatic carbocycles. The number of hydrogen-bond donors (Lipinski definition) is 1. The largest absolute Gasteiger partial charge is 0.319 e.